The fourth-order valence-electron chi connectivity index (χ4n) is 4.46. The normalized spacial score (nSPS) is 18.7. The quantitative estimate of drug-likeness (QED) is 0.742. The number of nitrogens with zero attached hydrogens (tertiary/aromatic N) is 4. The highest BCUT2D eigenvalue weighted by Gasteiger charge is 2.29. The fraction of sp³-hybridized carbons (Fsp3) is 0.478. The second-order valence-corrected chi connectivity index (χ2v) is 8.40. The van der Waals surface area contributed by atoms with Gasteiger partial charge in [-0.15, -0.1) is 0 Å². The minimum absolute atomic E-state index is 0.0540. The molecule has 2 amide bonds. The zero-order chi connectivity index (χ0) is 22.7. The summed E-state index contributed by atoms with van der Waals surface area (Å²) in [5, 5.41) is 5.82. The SMILES string of the molecule is CNc1nc([C@H]2CCCN(CC(=O)Nc3ccccc3F)C2)nc2c1CN(C(C)=O)CC2. The number of anilines is 2. The Morgan fingerprint density at radius 1 is 1.22 bits per heavy atom. The van der Waals surface area contributed by atoms with Gasteiger partial charge in [0.15, 0.2) is 0 Å². The molecule has 32 heavy (non-hydrogen) atoms. The van der Waals surface area contributed by atoms with Gasteiger partial charge in [0.2, 0.25) is 11.8 Å². The van der Waals surface area contributed by atoms with Gasteiger partial charge in [-0.2, -0.15) is 0 Å². The number of para-hydroxylation sites is 1. The number of likely N-dealkylation sites (tertiary alicyclic amines) is 1. The van der Waals surface area contributed by atoms with Crippen molar-refractivity contribution in [2.24, 2.45) is 0 Å². The molecule has 0 unspecified atom stereocenters. The number of hydrogen-bond acceptors (Lipinski definition) is 6. The van der Waals surface area contributed by atoms with Gasteiger partial charge in [-0.05, 0) is 31.5 Å². The summed E-state index contributed by atoms with van der Waals surface area (Å²) in [5.41, 5.74) is 2.17. The van der Waals surface area contributed by atoms with E-state index in [0.29, 0.717) is 26.1 Å². The number of carbonyl (C=O) groups is 2. The van der Waals surface area contributed by atoms with Crippen molar-refractivity contribution in [1.82, 2.24) is 19.8 Å². The molecule has 170 valence electrons. The van der Waals surface area contributed by atoms with Crippen LogP contribution in [0.1, 0.15) is 42.8 Å². The molecule has 0 spiro atoms. The van der Waals surface area contributed by atoms with E-state index in [1.165, 1.54) is 6.07 Å². The van der Waals surface area contributed by atoms with Crippen LogP contribution in [0, 0.1) is 5.82 Å². The summed E-state index contributed by atoms with van der Waals surface area (Å²) >= 11 is 0. The largest absolute Gasteiger partial charge is 0.373 e. The van der Waals surface area contributed by atoms with Crippen LogP contribution >= 0.6 is 0 Å². The molecule has 0 bridgehead atoms. The first-order valence-corrected chi connectivity index (χ1v) is 11.0. The highest BCUT2D eigenvalue weighted by molar-refractivity contribution is 5.92. The maximum atomic E-state index is 13.8. The van der Waals surface area contributed by atoms with Crippen LogP contribution in [0.4, 0.5) is 15.9 Å². The van der Waals surface area contributed by atoms with E-state index in [1.807, 2.05) is 11.9 Å². The van der Waals surface area contributed by atoms with E-state index in [2.05, 4.69) is 15.5 Å². The van der Waals surface area contributed by atoms with Crippen LogP contribution in [0.5, 0.6) is 0 Å². The molecule has 8 nitrogen and oxygen atoms in total. The molecule has 2 aromatic rings. The summed E-state index contributed by atoms with van der Waals surface area (Å²) < 4.78 is 13.8. The molecule has 3 heterocycles. The first-order valence-electron chi connectivity index (χ1n) is 11.0. The molecule has 1 saturated heterocycles. The maximum Gasteiger partial charge on any atom is 0.238 e. The summed E-state index contributed by atoms with van der Waals surface area (Å²) in [7, 11) is 1.83. The first-order chi connectivity index (χ1) is 15.4. The third-order valence-electron chi connectivity index (χ3n) is 6.15. The monoisotopic (exact) mass is 440 g/mol. The molecule has 2 aliphatic rings. The average molecular weight is 441 g/mol. The van der Waals surface area contributed by atoms with Gasteiger partial charge < -0.3 is 15.5 Å². The zero-order valence-corrected chi connectivity index (χ0v) is 18.5. The number of aromatic nitrogens is 2. The van der Waals surface area contributed by atoms with Crippen LogP contribution in [-0.4, -0.2) is 64.8 Å². The molecule has 1 aromatic heterocycles. The zero-order valence-electron chi connectivity index (χ0n) is 18.5. The highest BCUT2D eigenvalue weighted by atomic mass is 19.1. The number of halogens is 1. The third-order valence-corrected chi connectivity index (χ3v) is 6.15. The highest BCUT2D eigenvalue weighted by Crippen LogP contribution is 2.30. The Labute approximate surface area is 187 Å². The smallest absolute Gasteiger partial charge is 0.238 e. The summed E-state index contributed by atoms with van der Waals surface area (Å²) in [4.78, 5) is 37.8. The van der Waals surface area contributed by atoms with Gasteiger partial charge in [0, 0.05) is 45.0 Å². The summed E-state index contributed by atoms with van der Waals surface area (Å²) in [6.07, 6.45) is 2.60. The van der Waals surface area contributed by atoms with Gasteiger partial charge in [0.1, 0.15) is 17.5 Å². The Morgan fingerprint density at radius 2 is 2.03 bits per heavy atom. The molecule has 1 atom stereocenters. The van der Waals surface area contributed by atoms with Crippen LogP contribution in [0.3, 0.4) is 0 Å². The van der Waals surface area contributed by atoms with Crippen molar-refractivity contribution in [2.45, 2.75) is 38.6 Å². The van der Waals surface area contributed by atoms with Crippen molar-refractivity contribution < 1.29 is 14.0 Å². The number of piperidine rings is 1. The van der Waals surface area contributed by atoms with Gasteiger partial charge in [-0.1, -0.05) is 12.1 Å². The molecule has 1 aromatic carbocycles. The number of benzene rings is 1. The predicted octanol–water partition coefficient (Wildman–Crippen LogP) is 2.38. The molecular formula is C23H29FN6O2. The number of rotatable bonds is 5. The van der Waals surface area contributed by atoms with Gasteiger partial charge in [-0.25, -0.2) is 14.4 Å². The van der Waals surface area contributed by atoms with Crippen LogP contribution in [0.15, 0.2) is 24.3 Å². The summed E-state index contributed by atoms with van der Waals surface area (Å²) in [5.74, 6) is 1.05. The standard InChI is InChI=1S/C23H29FN6O2/c1-15(31)30-11-9-19-17(13-30)23(25-2)28-22(27-19)16-6-5-10-29(12-16)14-21(32)26-20-8-4-3-7-18(20)24/h3-4,7-8,16H,5-6,9-14H2,1-2H3,(H,26,32)(H,25,27,28)/t16-/m0/s1. The van der Waals surface area contributed by atoms with E-state index in [1.54, 1.807) is 25.1 Å². The predicted molar refractivity (Wildman–Crippen MR) is 120 cm³/mol. The molecule has 2 N–H and O–H groups in total. The van der Waals surface area contributed by atoms with Gasteiger partial charge in [0.05, 0.1) is 24.5 Å². The number of hydrogen-bond donors (Lipinski definition) is 2. The van der Waals surface area contributed by atoms with Crippen LogP contribution in [0.25, 0.3) is 0 Å². The number of fused-ring (bicyclic) bond motifs is 1. The van der Waals surface area contributed by atoms with E-state index < -0.39 is 5.82 Å². The Bertz CT molecular complexity index is 997. The maximum absolute atomic E-state index is 13.8. The lowest BCUT2D eigenvalue weighted by molar-refractivity contribution is -0.129. The molecule has 0 aliphatic carbocycles. The molecular weight excluding hydrogens is 411 g/mol. The summed E-state index contributed by atoms with van der Waals surface area (Å²) in [6, 6.07) is 6.17. The molecule has 9 heteroatoms. The lowest BCUT2D eigenvalue weighted by Gasteiger charge is -2.33. The van der Waals surface area contributed by atoms with Crippen molar-refractivity contribution in [2.75, 3.05) is 43.9 Å². The van der Waals surface area contributed by atoms with Gasteiger partial charge in [0.25, 0.3) is 0 Å². The van der Waals surface area contributed by atoms with E-state index in [9.17, 15) is 14.0 Å². The Hall–Kier alpha value is -3.07. The Kier molecular flexibility index (Phi) is 6.64. The van der Waals surface area contributed by atoms with Crippen molar-refractivity contribution in [1.29, 1.82) is 0 Å². The topological polar surface area (TPSA) is 90.5 Å². The Morgan fingerprint density at radius 3 is 2.78 bits per heavy atom. The first kappa shape index (κ1) is 22.1. The lowest BCUT2D eigenvalue weighted by Crippen LogP contribution is -2.40. The number of amides is 2. The fourth-order valence-corrected chi connectivity index (χ4v) is 4.46. The van der Waals surface area contributed by atoms with Crippen molar-refractivity contribution >= 4 is 23.3 Å². The second kappa shape index (κ2) is 9.60. The number of nitrogens with one attached hydrogen (secondary N) is 2. The van der Waals surface area contributed by atoms with Crippen molar-refractivity contribution in [3.8, 4) is 0 Å². The van der Waals surface area contributed by atoms with Gasteiger partial charge in [-0.3, -0.25) is 14.5 Å². The van der Waals surface area contributed by atoms with Crippen LogP contribution in [0.2, 0.25) is 0 Å². The Balaban J connectivity index is 1.45. The van der Waals surface area contributed by atoms with Crippen molar-refractivity contribution in [3.63, 3.8) is 0 Å². The van der Waals surface area contributed by atoms with Crippen LogP contribution in [-0.2, 0) is 22.6 Å². The molecule has 0 radical (unpaired) electrons. The molecule has 0 saturated carbocycles. The van der Waals surface area contributed by atoms with Gasteiger partial charge >= 0.3 is 0 Å². The molecule has 4 rings (SSSR count). The minimum atomic E-state index is -0.442. The van der Waals surface area contributed by atoms with E-state index in [-0.39, 0.29) is 30.0 Å². The molecule has 2 aliphatic heterocycles. The van der Waals surface area contributed by atoms with Crippen molar-refractivity contribution in [3.05, 3.63) is 47.2 Å². The summed E-state index contributed by atoms with van der Waals surface area (Å²) in [6.45, 7) is 4.44. The third kappa shape index (κ3) is 4.88. The van der Waals surface area contributed by atoms with E-state index >= 15 is 0 Å². The second-order valence-electron chi connectivity index (χ2n) is 8.40. The average Bonchev–Trinajstić information content (AvgIpc) is 2.79. The van der Waals surface area contributed by atoms with E-state index in [0.717, 1.165) is 42.3 Å². The van der Waals surface area contributed by atoms with E-state index in [4.69, 9.17) is 9.97 Å². The molecule has 1 fully saturated rings. The lowest BCUT2D eigenvalue weighted by atomic mass is 9.96. The minimum Gasteiger partial charge on any atom is -0.373 e. The van der Waals surface area contributed by atoms with Crippen LogP contribution < -0.4 is 10.6 Å². The number of carbonyl (C=O) groups excluding carboxylic acids is 2.